The van der Waals surface area contributed by atoms with E-state index >= 15 is 0 Å². The zero-order valence-electron chi connectivity index (χ0n) is 12.3. The van der Waals surface area contributed by atoms with Crippen molar-refractivity contribution in [3.05, 3.63) is 34.4 Å². The molecule has 1 aromatic rings. The third-order valence-electron chi connectivity index (χ3n) is 3.32. The van der Waals surface area contributed by atoms with Crippen LogP contribution in [0.5, 0.6) is 11.5 Å². The van der Waals surface area contributed by atoms with Crippen LogP contribution < -0.4 is 15.8 Å². The van der Waals surface area contributed by atoms with E-state index in [0.29, 0.717) is 16.2 Å². The summed E-state index contributed by atoms with van der Waals surface area (Å²) >= 11 is 1.02. The number of nitrogens with zero attached hydrogens (tertiary/aromatic N) is 1. The van der Waals surface area contributed by atoms with Gasteiger partial charge in [0, 0.05) is 12.3 Å². The number of primary amides is 1. The number of nitrogens with one attached hydrogen (secondary N) is 1. The SMILES string of the molecule is COc1cc([C@H]2CC(=O)NC(SCC(N)=O)=C2C#N)ccc1O. The summed E-state index contributed by atoms with van der Waals surface area (Å²) in [6, 6.07) is 6.76. The Hall–Kier alpha value is -2.66. The van der Waals surface area contributed by atoms with E-state index in [0.717, 1.165) is 11.8 Å². The number of allylic oxidation sites excluding steroid dienone is 1. The average Bonchev–Trinajstić information content (AvgIpc) is 2.52. The third-order valence-corrected chi connectivity index (χ3v) is 4.36. The number of nitriles is 1. The van der Waals surface area contributed by atoms with E-state index in [2.05, 4.69) is 11.4 Å². The molecule has 4 N–H and O–H groups in total. The Morgan fingerprint density at radius 3 is 2.96 bits per heavy atom. The van der Waals surface area contributed by atoms with Gasteiger partial charge in [0.25, 0.3) is 0 Å². The summed E-state index contributed by atoms with van der Waals surface area (Å²) in [5.41, 5.74) is 6.13. The molecule has 0 aliphatic carbocycles. The van der Waals surface area contributed by atoms with Gasteiger partial charge in [0.15, 0.2) is 11.5 Å². The maximum Gasteiger partial charge on any atom is 0.227 e. The molecule has 0 saturated carbocycles. The monoisotopic (exact) mass is 333 g/mol. The zero-order chi connectivity index (χ0) is 17.0. The largest absolute Gasteiger partial charge is 0.504 e. The van der Waals surface area contributed by atoms with Gasteiger partial charge >= 0.3 is 0 Å². The van der Waals surface area contributed by atoms with Gasteiger partial charge in [0.1, 0.15) is 0 Å². The maximum atomic E-state index is 11.9. The van der Waals surface area contributed by atoms with Crippen molar-refractivity contribution in [3.63, 3.8) is 0 Å². The molecule has 1 heterocycles. The van der Waals surface area contributed by atoms with Gasteiger partial charge in [-0.2, -0.15) is 5.26 Å². The second-order valence-electron chi connectivity index (χ2n) is 4.85. The molecule has 120 valence electrons. The molecular weight excluding hydrogens is 318 g/mol. The minimum absolute atomic E-state index is 0.0256. The van der Waals surface area contributed by atoms with E-state index in [4.69, 9.17) is 10.5 Å². The number of thioether (sulfide) groups is 1. The molecule has 0 fully saturated rings. The lowest BCUT2D eigenvalue weighted by Gasteiger charge is -2.25. The van der Waals surface area contributed by atoms with E-state index < -0.39 is 11.8 Å². The molecule has 8 heteroatoms. The number of phenolic OH excluding ortho intramolecular Hbond substituents is 1. The molecular formula is C15H15N3O4S. The number of carbonyl (C=O) groups is 2. The number of hydrogen-bond donors (Lipinski definition) is 3. The maximum absolute atomic E-state index is 11.9. The van der Waals surface area contributed by atoms with Gasteiger partial charge in [-0.15, -0.1) is 0 Å². The van der Waals surface area contributed by atoms with E-state index in [-0.39, 0.29) is 29.6 Å². The highest BCUT2D eigenvalue weighted by atomic mass is 32.2. The first kappa shape index (κ1) is 16.7. The average molecular weight is 333 g/mol. The second-order valence-corrected chi connectivity index (χ2v) is 5.83. The molecule has 2 amide bonds. The summed E-state index contributed by atoms with van der Waals surface area (Å²) in [6.07, 6.45) is 0.0947. The van der Waals surface area contributed by atoms with Crippen molar-refractivity contribution >= 4 is 23.6 Å². The molecule has 0 bridgehead atoms. The van der Waals surface area contributed by atoms with Crippen LogP contribution in [-0.2, 0) is 9.59 Å². The summed E-state index contributed by atoms with van der Waals surface area (Å²) in [5, 5.41) is 22.1. The Bertz CT molecular complexity index is 724. The summed E-state index contributed by atoms with van der Waals surface area (Å²) < 4.78 is 5.06. The summed E-state index contributed by atoms with van der Waals surface area (Å²) in [4.78, 5) is 22.8. The molecule has 1 aliphatic rings. The normalized spacial score (nSPS) is 17.4. The Morgan fingerprint density at radius 2 is 2.35 bits per heavy atom. The summed E-state index contributed by atoms with van der Waals surface area (Å²) in [5.74, 6) is -1.07. The first-order valence-corrected chi connectivity index (χ1v) is 7.67. The van der Waals surface area contributed by atoms with Crippen LogP contribution in [-0.4, -0.2) is 29.8 Å². The van der Waals surface area contributed by atoms with Crippen molar-refractivity contribution in [2.75, 3.05) is 12.9 Å². The van der Waals surface area contributed by atoms with Gasteiger partial charge in [-0.1, -0.05) is 17.8 Å². The molecule has 1 aliphatic heterocycles. The first-order chi connectivity index (χ1) is 11.0. The summed E-state index contributed by atoms with van der Waals surface area (Å²) in [6.45, 7) is 0. The van der Waals surface area contributed by atoms with E-state index in [1.54, 1.807) is 12.1 Å². The Morgan fingerprint density at radius 1 is 1.61 bits per heavy atom. The molecule has 0 saturated heterocycles. The van der Waals surface area contributed by atoms with Crippen LogP contribution in [0.1, 0.15) is 17.9 Å². The molecule has 0 spiro atoms. The Balaban J connectivity index is 2.43. The van der Waals surface area contributed by atoms with Gasteiger partial charge in [-0.3, -0.25) is 9.59 Å². The van der Waals surface area contributed by atoms with E-state index in [1.807, 2.05) is 0 Å². The van der Waals surface area contributed by atoms with E-state index in [9.17, 15) is 20.0 Å². The Labute approximate surface area is 137 Å². The lowest BCUT2D eigenvalue weighted by atomic mass is 9.87. The van der Waals surface area contributed by atoms with Gasteiger partial charge in [0.05, 0.1) is 29.5 Å². The summed E-state index contributed by atoms with van der Waals surface area (Å²) in [7, 11) is 1.42. The first-order valence-electron chi connectivity index (χ1n) is 6.68. The third kappa shape index (κ3) is 3.76. The van der Waals surface area contributed by atoms with Gasteiger partial charge in [-0.05, 0) is 17.7 Å². The fourth-order valence-corrected chi connectivity index (χ4v) is 3.09. The number of phenols is 1. The van der Waals surface area contributed by atoms with Crippen LogP contribution in [0.3, 0.4) is 0 Å². The standard InChI is InChI=1S/C15H15N3O4S/c1-22-12-4-8(2-3-11(12)19)9-5-14(21)18-15(10(9)6-16)23-7-13(17)20/h2-4,9,19H,5,7H2,1H3,(H2,17,20)(H,18,21)/t9-/m1/s1. The minimum Gasteiger partial charge on any atom is -0.504 e. The number of methoxy groups -OCH3 is 1. The van der Waals surface area contributed by atoms with Crippen LogP contribution in [0.2, 0.25) is 0 Å². The highest BCUT2D eigenvalue weighted by molar-refractivity contribution is 8.03. The van der Waals surface area contributed by atoms with Crippen molar-refractivity contribution < 1.29 is 19.4 Å². The van der Waals surface area contributed by atoms with Crippen LogP contribution in [0.25, 0.3) is 0 Å². The van der Waals surface area contributed by atoms with Crippen LogP contribution in [0.15, 0.2) is 28.8 Å². The highest BCUT2D eigenvalue weighted by Gasteiger charge is 2.30. The molecule has 23 heavy (non-hydrogen) atoms. The van der Waals surface area contributed by atoms with Crippen LogP contribution >= 0.6 is 11.8 Å². The van der Waals surface area contributed by atoms with Gasteiger partial charge in [-0.25, -0.2) is 0 Å². The van der Waals surface area contributed by atoms with Crippen molar-refractivity contribution in [3.8, 4) is 17.6 Å². The predicted molar refractivity (Wildman–Crippen MR) is 84.5 cm³/mol. The van der Waals surface area contributed by atoms with Gasteiger partial charge in [0.2, 0.25) is 11.8 Å². The molecule has 1 atom stereocenters. The second kappa shape index (κ2) is 7.07. The predicted octanol–water partition coefficient (Wildman–Crippen LogP) is 0.958. The van der Waals surface area contributed by atoms with Crippen molar-refractivity contribution in [2.45, 2.75) is 12.3 Å². The number of ether oxygens (including phenoxy) is 1. The Kier molecular flexibility index (Phi) is 5.13. The van der Waals surface area contributed by atoms with Crippen molar-refractivity contribution in [2.24, 2.45) is 5.73 Å². The minimum atomic E-state index is -0.539. The molecule has 1 aromatic carbocycles. The fraction of sp³-hybridized carbons (Fsp3) is 0.267. The van der Waals surface area contributed by atoms with Gasteiger partial charge < -0.3 is 20.9 Å². The van der Waals surface area contributed by atoms with E-state index in [1.165, 1.54) is 13.2 Å². The lowest BCUT2D eigenvalue weighted by molar-refractivity contribution is -0.121. The number of carbonyl (C=O) groups excluding carboxylic acids is 2. The molecule has 0 aromatic heterocycles. The number of amides is 2. The zero-order valence-corrected chi connectivity index (χ0v) is 13.1. The fourth-order valence-electron chi connectivity index (χ4n) is 2.27. The highest BCUT2D eigenvalue weighted by Crippen LogP contribution is 2.38. The van der Waals surface area contributed by atoms with Crippen LogP contribution in [0, 0.1) is 11.3 Å². The number of aromatic hydroxyl groups is 1. The number of nitrogens with two attached hydrogens (primary N) is 1. The van der Waals surface area contributed by atoms with Crippen molar-refractivity contribution in [1.29, 1.82) is 5.26 Å². The quantitative estimate of drug-likeness (QED) is 0.737. The van der Waals surface area contributed by atoms with Crippen molar-refractivity contribution in [1.82, 2.24) is 5.32 Å². The number of rotatable bonds is 5. The molecule has 0 radical (unpaired) electrons. The topological polar surface area (TPSA) is 125 Å². The van der Waals surface area contributed by atoms with Crippen LogP contribution in [0.4, 0.5) is 0 Å². The molecule has 7 nitrogen and oxygen atoms in total. The lowest BCUT2D eigenvalue weighted by Crippen LogP contribution is -2.31. The smallest absolute Gasteiger partial charge is 0.227 e. The number of benzene rings is 1. The number of hydrogen-bond acceptors (Lipinski definition) is 6. The molecule has 2 rings (SSSR count). The molecule has 0 unspecified atom stereocenters.